The molecule has 0 aromatic heterocycles. The molecule has 2 rings (SSSR count). The average Bonchev–Trinajstić information content (AvgIpc) is 2.83. The zero-order chi connectivity index (χ0) is 13.2. The quantitative estimate of drug-likeness (QED) is 0.924. The number of rotatable bonds is 4. The van der Waals surface area contributed by atoms with Gasteiger partial charge in [-0.3, -0.25) is 4.72 Å². The van der Waals surface area contributed by atoms with Crippen LogP contribution in [0.1, 0.15) is 12.8 Å². The van der Waals surface area contributed by atoms with Gasteiger partial charge in [0.25, 0.3) is 0 Å². The van der Waals surface area contributed by atoms with Crippen molar-refractivity contribution in [2.24, 2.45) is 0 Å². The van der Waals surface area contributed by atoms with Gasteiger partial charge in [0.1, 0.15) is 5.75 Å². The van der Waals surface area contributed by atoms with Gasteiger partial charge in [-0.05, 0) is 31.0 Å². The number of nitrogens with zero attached hydrogens (tertiary/aromatic N) is 1. The largest absolute Gasteiger partial charge is 0.495 e. The van der Waals surface area contributed by atoms with Crippen LogP contribution in [0.3, 0.4) is 0 Å². The molecule has 0 unspecified atom stereocenters. The van der Waals surface area contributed by atoms with E-state index in [0.717, 1.165) is 12.8 Å². The third-order valence-corrected chi connectivity index (χ3v) is 4.56. The van der Waals surface area contributed by atoms with Crippen LogP contribution >= 0.6 is 11.6 Å². The van der Waals surface area contributed by atoms with E-state index in [0.29, 0.717) is 29.5 Å². The summed E-state index contributed by atoms with van der Waals surface area (Å²) in [5.41, 5.74) is 0.358. The van der Waals surface area contributed by atoms with Crippen molar-refractivity contribution in [3.05, 3.63) is 23.2 Å². The van der Waals surface area contributed by atoms with Crippen molar-refractivity contribution < 1.29 is 13.2 Å². The normalized spacial score (nSPS) is 16.8. The molecule has 0 atom stereocenters. The lowest BCUT2D eigenvalue weighted by Gasteiger charge is -2.18. The molecule has 1 heterocycles. The Bertz CT molecular complexity index is 527. The number of anilines is 1. The summed E-state index contributed by atoms with van der Waals surface area (Å²) in [7, 11) is -2.03. The first-order chi connectivity index (χ1) is 8.53. The Balaban J connectivity index is 2.25. The number of methoxy groups -OCH3 is 1. The zero-order valence-corrected chi connectivity index (χ0v) is 11.6. The smallest absolute Gasteiger partial charge is 0.301 e. The van der Waals surface area contributed by atoms with Crippen LogP contribution < -0.4 is 9.46 Å². The van der Waals surface area contributed by atoms with Gasteiger partial charge in [0, 0.05) is 18.1 Å². The molecule has 1 aromatic rings. The summed E-state index contributed by atoms with van der Waals surface area (Å²) in [5.74, 6) is 0.446. The summed E-state index contributed by atoms with van der Waals surface area (Å²) in [4.78, 5) is 0. The maximum Gasteiger partial charge on any atom is 0.301 e. The lowest BCUT2D eigenvalue weighted by Crippen LogP contribution is -2.33. The summed E-state index contributed by atoms with van der Waals surface area (Å²) in [6.45, 7) is 1.11. The molecular formula is C11H15ClN2O3S. The van der Waals surface area contributed by atoms with Crippen LogP contribution in [0.5, 0.6) is 5.75 Å². The molecule has 0 bridgehead atoms. The Morgan fingerprint density at radius 1 is 1.33 bits per heavy atom. The van der Waals surface area contributed by atoms with Crippen molar-refractivity contribution in [1.29, 1.82) is 0 Å². The summed E-state index contributed by atoms with van der Waals surface area (Å²) in [5, 5.41) is 0.454. The molecule has 0 radical (unpaired) electrons. The summed E-state index contributed by atoms with van der Waals surface area (Å²) >= 11 is 5.86. The van der Waals surface area contributed by atoms with Gasteiger partial charge >= 0.3 is 10.2 Å². The van der Waals surface area contributed by atoms with E-state index in [-0.39, 0.29) is 0 Å². The van der Waals surface area contributed by atoms with E-state index in [1.807, 2.05) is 0 Å². The molecule has 1 fully saturated rings. The highest BCUT2D eigenvalue weighted by Gasteiger charge is 2.26. The maximum absolute atomic E-state index is 12.1. The van der Waals surface area contributed by atoms with E-state index < -0.39 is 10.2 Å². The Morgan fingerprint density at radius 3 is 2.61 bits per heavy atom. The van der Waals surface area contributed by atoms with Crippen molar-refractivity contribution in [1.82, 2.24) is 4.31 Å². The van der Waals surface area contributed by atoms with E-state index in [4.69, 9.17) is 16.3 Å². The predicted octanol–water partition coefficient (Wildman–Crippen LogP) is 2.10. The zero-order valence-electron chi connectivity index (χ0n) is 10.0. The highest BCUT2D eigenvalue weighted by atomic mass is 35.5. The fraction of sp³-hybridized carbons (Fsp3) is 0.455. The van der Waals surface area contributed by atoms with Crippen LogP contribution in [-0.4, -0.2) is 32.9 Å². The van der Waals surface area contributed by atoms with Crippen molar-refractivity contribution >= 4 is 27.5 Å². The van der Waals surface area contributed by atoms with Gasteiger partial charge in [0.15, 0.2) is 0 Å². The minimum atomic E-state index is -3.52. The molecular weight excluding hydrogens is 276 g/mol. The van der Waals surface area contributed by atoms with Crippen LogP contribution in [0.15, 0.2) is 18.2 Å². The molecule has 100 valence electrons. The van der Waals surface area contributed by atoms with E-state index in [1.165, 1.54) is 17.5 Å². The minimum Gasteiger partial charge on any atom is -0.495 e. The topological polar surface area (TPSA) is 58.6 Å². The number of hydrogen-bond donors (Lipinski definition) is 1. The van der Waals surface area contributed by atoms with Gasteiger partial charge in [-0.2, -0.15) is 12.7 Å². The molecule has 1 aliphatic rings. The molecule has 1 aromatic carbocycles. The molecule has 5 nitrogen and oxygen atoms in total. The van der Waals surface area contributed by atoms with Crippen LogP contribution in [0.2, 0.25) is 5.02 Å². The van der Waals surface area contributed by atoms with Crippen molar-refractivity contribution in [2.45, 2.75) is 12.8 Å². The van der Waals surface area contributed by atoms with E-state index in [9.17, 15) is 8.42 Å². The van der Waals surface area contributed by atoms with Gasteiger partial charge in [-0.1, -0.05) is 11.6 Å². The lowest BCUT2D eigenvalue weighted by molar-refractivity contribution is 0.416. The third-order valence-electron chi connectivity index (χ3n) is 2.81. The molecule has 0 aliphatic carbocycles. The minimum absolute atomic E-state index is 0.358. The number of nitrogens with one attached hydrogen (secondary N) is 1. The molecule has 0 amide bonds. The Labute approximate surface area is 112 Å². The summed E-state index contributed by atoms with van der Waals surface area (Å²) in [6.07, 6.45) is 1.79. The van der Waals surface area contributed by atoms with Gasteiger partial charge in [0.05, 0.1) is 12.8 Å². The monoisotopic (exact) mass is 290 g/mol. The third kappa shape index (κ3) is 2.88. The number of ether oxygens (including phenoxy) is 1. The van der Waals surface area contributed by atoms with E-state index in [1.54, 1.807) is 12.1 Å². The van der Waals surface area contributed by atoms with Crippen molar-refractivity contribution in [2.75, 3.05) is 24.9 Å². The predicted molar refractivity (Wildman–Crippen MR) is 71.4 cm³/mol. The molecule has 1 aliphatic heterocycles. The van der Waals surface area contributed by atoms with Gasteiger partial charge in [-0.25, -0.2) is 0 Å². The van der Waals surface area contributed by atoms with Gasteiger partial charge < -0.3 is 4.74 Å². The average molecular weight is 291 g/mol. The van der Waals surface area contributed by atoms with Crippen LogP contribution in [0.4, 0.5) is 5.69 Å². The van der Waals surface area contributed by atoms with Crippen LogP contribution in [0, 0.1) is 0 Å². The maximum atomic E-state index is 12.1. The first-order valence-corrected chi connectivity index (χ1v) is 7.46. The summed E-state index contributed by atoms with van der Waals surface area (Å²) in [6, 6.07) is 4.81. The standard InChI is InChI=1S/C11H15ClN2O3S/c1-17-11-5-4-9(12)8-10(11)13-18(15,16)14-6-2-3-7-14/h4-5,8,13H,2-3,6-7H2,1H3. The first kappa shape index (κ1) is 13.5. The SMILES string of the molecule is COc1ccc(Cl)cc1NS(=O)(=O)N1CCCC1. The Kier molecular flexibility index (Phi) is 3.99. The molecule has 18 heavy (non-hydrogen) atoms. The fourth-order valence-electron chi connectivity index (χ4n) is 1.89. The number of benzene rings is 1. The Hall–Kier alpha value is -0.980. The summed E-state index contributed by atoms with van der Waals surface area (Å²) < 4.78 is 33.2. The molecule has 0 saturated carbocycles. The molecule has 0 spiro atoms. The lowest BCUT2D eigenvalue weighted by atomic mass is 10.3. The molecule has 1 N–H and O–H groups in total. The fourth-order valence-corrected chi connectivity index (χ4v) is 3.37. The Morgan fingerprint density at radius 2 is 2.00 bits per heavy atom. The van der Waals surface area contributed by atoms with Gasteiger partial charge in [-0.15, -0.1) is 0 Å². The second-order valence-corrected chi connectivity index (χ2v) is 6.16. The molecule has 7 heteroatoms. The van der Waals surface area contributed by atoms with Crippen LogP contribution in [-0.2, 0) is 10.2 Å². The highest BCUT2D eigenvalue weighted by Crippen LogP contribution is 2.29. The van der Waals surface area contributed by atoms with E-state index in [2.05, 4.69) is 4.72 Å². The molecule has 1 saturated heterocycles. The second-order valence-electron chi connectivity index (χ2n) is 4.06. The van der Waals surface area contributed by atoms with Crippen molar-refractivity contribution in [3.8, 4) is 5.75 Å². The highest BCUT2D eigenvalue weighted by molar-refractivity contribution is 7.90. The van der Waals surface area contributed by atoms with E-state index >= 15 is 0 Å². The first-order valence-electron chi connectivity index (χ1n) is 5.64. The van der Waals surface area contributed by atoms with Crippen molar-refractivity contribution in [3.63, 3.8) is 0 Å². The van der Waals surface area contributed by atoms with Crippen LogP contribution in [0.25, 0.3) is 0 Å². The second kappa shape index (κ2) is 5.34. The van der Waals surface area contributed by atoms with Gasteiger partial charge in [0.2, 0.25) is 0 Å². The number of hydrogen-bond acceptors (Lipinski definition) is 3. The number of halogens is 1.